The number of nitrogens with zero attached hydrogens (tertiary/aromatic N) is 4. The van der Waals surface area contributed by atoms with Crippen molar-refractivity contribution in [3.63, 3.8) is 0 Å². The van der Waals surface area contributed by atoms with Gasteiger partial charge in [0.1, 0.15) is 6.33 Å². The van der Waals surface area contributed by atoms with Gasteiger partial charge >= 0.3 is 0 Å². The van der Waals surface area contributed by atoms with Crippen molar-refractivity contribution in [3.8, 4) is 5.69 Å². The fourth-order valence-electron chi connectivity index (χ4n) is 3.80. The maximum atomic E-state index is 4.56. The monoisotopic (exact) mass is 361 g/mol. The number of benzene rings is 2. The molecule has 0 spiro atoms. The van der Waals surface area contributed by atoms with Crippen molar-refractivity contribution in [2.75, 3.05) is 16.8 Å². The summed E-state index contributed by atoms with van der Waals surface area (Å²) in [6.45, 7) is 7.92. The lowest BCUT2D eigenvalue weighted by Gasteiger charge is -2.39. The minimum Gasteiger partial charge on any atom is -0.368 e. The fourth-order valence-corrected chi connectivity index (χ4v) is 3.80. The van der Waals surface area contributed by atoms with Crippen LogP contribution in [0.25, 0.3) is 5.69 Å². The molecule has 27 heavy (non-hydrogen) atoms. The predicted octanol–water partition coefficient (Wildman–Crippen LogP) is 4.94. The lowest BCUT2D eigenvalue weighted by Crippen LogP contribution is -2.41. The Kier molecular flexibility index (Phi) is 4.84. The zero-order chi connectivity index (χ0) is 18.8. The highest BCUT2D eigenvalue weighted by molar-refractivity contribution is 5.64. The first-order valence-corrected chi connectivity index (χ1v) is 9.71. The van der Waals surface area contributed by atoms with Crippen molar-refractivity contribution in [1.29, 1.82) is 0 Å². The van der Waals surface area contributed by atoms with Crippen LogP contribution in [0.1, 0.15) is 32.3 Å². The number of aryl methyl sites for hydroxylation is 1. The van der Waals surface area contributed by atoms with Gasteiger partial charge in [-0.15, -0.1) is 5.10 Å². The first-order valence-electron chi connectivity index (χ1n) is 9.71. The molecule has 1 aromatic heterocycles. The van der Waals surface area contributed by atoms with Gasteiger partial charge in [-0.05, 0) is 68.5 Å². The zero-order valence-corrected chi connectivity index (χ0v) is 16.3. The smallest absolute Gasteiger partial charge is 0.246 e. The molecule has 0 aliphatic carbocycles. The van der Waals surface area contributed by atoms with E-state index in [0.29, 0.717) is 12.0 Å². The van der Waals surface area contributed by atoms with Gasteiger partial charge in [-0.1, -0.05) is 25.1 Å². The van der Waals surface area contributed by atoms with Crippen LogP contribution < -0.4 is 10.2 Å². The van der Waals surface area contributed by atoms with Gasteiger partial charge in [0, 0.05) is 24.0 Å². The second-order valence-corrected chi connectivity index (χ2v) is 7.71. The molecule has 2 aromatic carbocycles. The van der Waals surface area contributed by atoms with Crippen LogP contribution in [0.2, 0.25) is 0 Å². The van der Waals surface area contributed by atoms with Crippen LogP contribution in [-0.2, 0) is 0 Å². The van der Waals surface area contributed by atoms with E-state index in [9.17, 15) is 0 Å². The standard InChI is InChI=1S/C22H27N5/c1-16-9-10-18(3)26(14-16)21-12-17(2)11-19(13-21)24-22-23-15-27(25-22)20-7-5-4-6-8-20/h4-8,11-13,15-16,18H,9-10,14H2,1-3H3,(H,24,25). The van der Waals surface area contributed by atoms with E-state index in [0.717, 1.165) is 23.8 Å². The van der Waals surface area contributed by atoms with E-state index in [1.165, 1.54) is 24.1 Å². The maximum absolute atomic E-state index is 4.56. The average Bonchev–Trinajstić information content (AvgIpc) is 3.12. The minimum atomic E-state index is 0.575. The Morgan fingerprint density at radius 2 is 1.81 bits per heavy atom. The van der Waals surface area contributed by atoms with Gasteiger partial charge in [0.05, 0.1) is 5.69 Å². The zero-order valence-electron chi connectivity index (χ0n) is 16.3. The average molecular weight is 361 g/mol. The number of anilines is 3. The van der Waals surface area contributed by atoms with Crippen molar-refractivity contribution >= 4 is 17.3 Å². The number of rotatable bonds is 4. The third-order valence-corrected chi connectivity index (χ3v) is 5.28. The van der Waals surface area contributed by atoms with Gasteiger partial charge in [0.15, 0.2) is 0 Å². The molecule has 2 unspecified atom stereocenters. The van der Waals surface area contributed by atoms with Crippen molar-refractivity contribution in [2.24, 2.45) is 5.92 Å². The second-order valence-electron chi connectivity index (χ2n) is 7.71. The van der Waals surface area contributed by atoms with Crippen LogP contribution in [-0.4, -0.2) is 27.4 Å². The molecule has 0 amide bonds. The molecule has 1 fully saturated rings. The van der Waals surface area contributed by atoms with Gasteiger partial charge in [0.2, 0.25) is 5.95 Å². The molecule has 2 heterocycles. The summed E-state index contributed by atoms with van der Waals surface area (Å²) in [5.74, 6) is 1.34. The molecule has 1 saturated heterocycles. The van der Waals surface area contributed by atoms with E-state index in [4.69, 9.17) is 0 Å². The van der Waals surface area contributed by atoms with Crippen LogP contribution in [0.4, 0.5) is 17.3 Å². The Morgan fingerprint density at radius 3 is 2.63 bits per heavy atom. The van der Waals surface area contributed by atoms with Crippen molar-refractivity contribution in [3.05, 3.63) is 60.4 Å². The summed E-state index contributed by atoms with van der Waals surface area (Å²) >= 11 is 0. The Morgan fingerprint density at radius 1 is 1.00 bits per heavy atom. The van der Waals surface area contributed by atoms with Crippen LogP contribution in [0, 0.1) is 12.8 Å². The summed E-state index contributed by atoms with van der Waals surface area (Å²) in [6.07, 6.45) is 4.30. The molecule has 140 valence electrons. The van der Waals surface area contributed by atoms with E-state index < -0.39 is 0 Å². The SMILES string of the molecule is Cc1cc(Nc2ncn(-c3ccccc3)n2)cc(N2CC(C)CCC2C)c1. The van der Waals surface area contributed by atoms with Gasteiger partial charge in [-0.25, -0.2) is 4.68 Å². The summed E-state index contributed by atoms with van der Waals surface area (Å²) in [6, 6.07) is 17.2. The highest BCUT2D eigenvalue weighted by atomic mass is 15.4. The molecule has 0 saturated carbocycles. The summed E-state index contributed by atoms with van der Waals surface area (Å²) in [5.41, 5.74) is 4.54. The molecule has 1 N–H and O–H groups in total. The van der Waals surface area contributed by atoms with Crippen LogP contribution in [0.5, 0.6) is 0 Å². The third-order valence-electron chi connectivity index (χ3n) is 5.28. The summed E-state index contributed by atoms with van der Waals surface area (Å²) in [7, 11) is 0. The minimum absolute atomic E-state index is 0.575. The Hall–Kier alpha value is -2.82. The van der Waals surface area contributed by atoms with Crippen molar-refractivity contribution in [2.45, 2.75) is 39.7 Å². The largest absolute Gasteiger partial charge is 0.368 e. The van der Waals surface area contributed by atoms with Gasteiger partial charge in [-0.3, -0.25) is 0 Å². The predicted molar refractivity (Wildman–Crippen MR) is 111 cm³/mol. The Labute approximate surface area is 161 Å². The lowest BCUT2D eigenvalue weighted by atomic mass is 9.94. The number of para-hydroxylation sites is 1. The topological polar surface area (TPSA) is 46.0 Å². The molecular weight excluding hydrogens is 334 g/mol. The highest BCUT2D eigenvalue weighted by Gasteiger charge is 2.23. The van der Waals surface area contributed by atoms with Gasteiger partial charge in [-0.2, -0.15) is 4.98 Å². The fraction of sp³-hybridized carbons (Fsp3) is 0.364. The number of hydrogen-bond donors (Lipinski definition) is 1. The number of nitrogens with one attached hydrogen (secondary N) is 1. The number of hydrogen-bond acceptors (Lipinski definition) is 4. The molecule has 5 heteroatoms. The van der Waals surface area contributed by atoms with Crippen LogP contribution in [0.15, 0.2) is 54.9 Å². The molecular formula is C22H27N5. The molecule has 5 nitrogen and oxygen atoms in total. The first-order chi connectivity index (χ1) is 13.1. The normalized spacial score (nSPS) is 19.9. The molecule has 1 aliphatic heterocycles. The molecule has 1 aliphatic rings. The lowest BCUT2D eigenvalue weighted by molar-refractivity contribution is 0.390. The van der Waals surface area contributed by atoms with E-state index in [1.807, 2.05) is 30.3 Å². The summed E-state index contributed by atoms with van der Waals surface area (Å²) < 4.78 is 1.79. The first kappa shape index (κ1) is 17.6. The second kappa shape index (κ2) is 7.43. The number of aromatic nitrogens is 3. The number of piperidine rings is 1. The summed E-state index contributed by atoms with van der Waals surface area (Å²) in [4.78, 5) is 6.94. The highest BCUT2D eigenvalue weighted by Crippen LogP contribution is 2.31. The van der Waals surface area contributed by atoms with Crippen molar-refractivity contribution in [1.82, 2.24) is 14.8 Å². The molecule has 2 atom stereocenters. The van der Waals surface area contributed by atoms with E-state index in [-0.39, 0.29) is 0 Å². The molecule has 3 aromatic rings. The third kappa shape index (κ3) is 3.97. The molecule has 0 radical (unpaired) electrons. The van der Waals surface area contributed by atoms with Gasteiger partial charge in [0.25, 0.3) is 0 Å². The molecule has 0 bridgehead atoms. The quantitative estimate of drug-likeness (QED) is 0.715. The van der Waals surface area contributed by atoms with Crippen LogP contribution in [0.3, 0.4) is 0 Å². The van der Waals surface area contributed by atoms with Crippen molar-refractivity contribution < 1.29 is 0 Å². The van der Waals surface area contributed by atoms with E-state index in [1.54, 1.807) is 11.0 Å². The van der Waals surface area contributed by atoms with E-state index in [2.05, 4.69) is 59.3 Å². The van der Waals surface area contributed by atoms with E-state index >= 15 is 0 Å². The Balaban J connectivity index is 1.56. The van der Waals surface area contributed by atoms with Crippen LogP contribution >= 0.6 is 0 Å². The molecule has 4 rings (SSSR count). The van der Waals surface area contributed by atoms with Gasteiger partial charge < -0.3 is 10.2 Å². The summed E-state index contributed by atoms with van der Waals surface area (Å²) in [5, 5.41) is 7.93. The maximum Gasteiger partial charge on any atom is 0.246 e. The Bertz CT molecular complexity index is 902.